The number of benzene rings is 1. The molecular formula is C17H14F4N2O. The molecule has 0 N–H and O–H groups in total. The van der Waals surface area contributed by atoms with Gasteiger partial charge in [0.1, 0.15) is 5.82 Å². The molecule has 126 valence electrons. The molecule has 7 heteroatoms. The highest BCUT2D eigenvalue weighted by atomic mass is 19.4. The SMILES string of the molecule is O=C(c1ccncc1C(F)(F)F)N1CC[C@@H](c2ccc(F)cc2)C1. The fourth-order valence-electron chi connectivity index (χ4n) is 2.93. The summed E-state index contributed by atoms with van der Waals surface area (Å²) in [6.45, 7) is 0.671. The van der Waals surface area contributed by atoms with Gasteiger partial charge in [-0.25, -0.2) is 4.39 Å². The molecule has 1 aromatic heterocycles. The zero-order chi connectivity index (χ0) is 17.3. The van der Waals surface area contributed by atoms with Gasteiger partial charge in [0.25, 0.3) is 5.91 Å². The van der Waals surface area contributed by atoms with Gasteiger partial charge in [-0.15, -0.1) is 0 Å². The van der Waals surface area contributed by atoms with Gasteiger partial charge in [0.15, 0.2) is 0 Å². The molecule has 1 amide bonds. The predicted molar refractivity (Wildman–Crippen MR) is 78.9 cm³/mol. The number of halogens is 4. The van der Waals surface area contributed by atoms with Crippen molar-refractivity contribution in [2.24, 2.45) is 0 Å². The summed E-state index contributed by atoms with van der Waals surface area (Å²) in [7, 11) is 0. The van der Waals surface area contributed by atoms with Crippen molar-refractivity contribution >= 4 is 5.91 Å². The van der Waals surface area contributed by atoms with Crippen LogP contribution in [0.4, 0.5) is 17.6 Å². The molecule has 2 aromatic rings. The molecule has 1 aromatic carbocycles. The lowest BCUT2D eigenvalue weighted by Gasteiger charge is -2.19. The Balaban J connectivity index is 1.79. The second-order valence-electron chi connectivity index (χ2n) is 5.71. The zero-order valence-corrected chi connectivity index (χ0v) is 12.6. The predicted octanol–water partition coefficient (Wildman–Crippen LogP) is 3.87. The minimum absolute atomic E-state index is 0.00859. The molecule has 0 aliphatic carbocycles. The Kier molecular flexibility index (Phi) is 4.26. The summed E-state index contributed by atoms with van der Waals surface area (Å²) in [5, 5.41) is 0. The van der Waals surface area contributed by atoms with Gasteiger partial charge in [0.05, 0.1) is 11.1 Å². The number of nitrogens with zero attached hydrogens (tertiary/aromatic N) is 2. The third-order valence-corrected chi connectivity index (χ3v) is 4.17. The van der Waals surface area contributed by atoms with Gasteiger partial charge in [-0.05, 0) is 30.2 Å². The van der Waals surface area contributed by atoms with Crippen LogP contribution in [0.5, 0.6) is 0 Å². The van der Waals surface area contributed by atoms with Crippen LogP contribution in [0.25, 0.3) is 0 Å². The van der Waals surface area contributed by atoms with E-state index in [4.69, 9.17) is 0 Å². The molecule has 3 nitrogen and oxygen atoms in total. The molecule has 24 heavy (non-hydrogen) atoms. The third kappa shape index (κ3) is 3.25. The number of carbonyl (C=O) groups is 1. The van der Waals surface area contributed by atoms with Crippen molar-refractivity contribution in [1.82, 2.24) is 9.88 Å². The van der Waals surface area contributed by atoms with Gasteiger partial charge in [-0.1, -0.05) is 12.1 Å². The van der Waals surface area contributed by atoms with Crippen LogP contribution in [-0.4, -0.2) is 28.9 Å². The first kappa shape index (κ1) is 16.4. The van der Waals surface area contributed by atoms with Crippen LogP contribution in [0.15, 0.2) is 42.7 Å². The highest BCUT2D eigenvalue weighted by Crippen LogP contribution is 2.33. The standard InChI is InChI=1S/C17H14F4N2O/c18-13-3-1-11(2-4-13)12-6-8-23(10-12)16(24)14-5-7-22-9-15(14)17(19,20)21/h1-5,7,9,12H,6,8,10H2/t12-/m1/s1. The van der Waals surface area contributed by atoms with Crippen LogP contribution in [0, 0.1) is 5.82 Å². The number of alkyl halides is 3. The maximum atomic E-state index is 13.0. The Morgan fingerprint density at radius 2 is 1.88 bits per heavy atom. The molecular weight excluding hydrogens is 324 g/mol. The fraction of sp³-hybridized carbons (Fsp3) is 0.294. The molecule has 2 heterocycles. The van der Waals surface area contributed by atoms with E-state index in [9.17, 15) is 22.4 Å². The van der Waals surface area contributed by atoms with Crippen molar-refractivity contribution in [1.29, 1.82) is 0 Å². The Labute approximate surface area is 135 Å². The highest BCUT2D eigenvalue weighted by Gasteiger charge is 2.37. The van der Waals surface area contributed by atoms with Crippen LogP contribution < -0.4 is 0 Å². The van der Waals surface area contributed by atoms with Crippen molar-refractivity contribution < 1.29 is 22.4 Å². The quantitative estimate of drug-likeness (QED) is 0.779. The number of rotatable bonds is 2. The Bertz CT molecular complexity index is 743. The van der Waals surface area contributed by atoms with Gasteiger partial charge < -0.3 is 4.90 Å². The average Bonchev–Trinajstić information content (AvgIpc) is 3.04. The van der Waals surface area contributed by atoms with Crippen molar-refractivity contribution in [3.8, 4) is 0 Å². The number of hydrogen-bond acceptors (Lipinski definition) is 2. The molecule has 0 bridgehead atoms. The van der Waals surface area contributed by atoms with Crippen molar-refractivity contribution in [2.75, 3.05) is 13.1 Å². The van der Waals surface area contributed by atoms with E-state index in [1.165, 1.54) is 23.2 Å². The second-order valence-corrected chi connectivity index (χ2v) is 5.71. The molecule has 1 atom stereocenters. The summed E-state index contributed by atoms with van der Waals surface area (Å²) in [5.41, 5.74) is -0.546. The first-order chi connectivity index (χ1) is 11.4. The fourth-order valence-corrected chi connectivity index (χ4v) is 2.93. The summed E-state index contributed by atoms with van der Waals surface area (Å²) < 4.78 is 52.1. The van der Waals surface area contributed by atoms with Gasteiger partial charge in [-0.2, -0.15) is 13.2 Å². The monoisotopic (exact) mass is 338 g/mol. The van der Waals surface area contributed by atoms with Gasteiger partial charge in [0, 0.05) is 31.4 Å². The first-order valence-corrected chi connectivity index (χ1v) is 7.42. The lowest BCUT2D eigenvalue weighted by molar-refractivity contribution is -0.138. The molecule has 0 saturated carbocycles. The normalized spacial score (nSPS) is 18.0. The lowest BCUT2D eigenvalue weighted by atomic mass is 9.98. The molecule has 0 unspecified atom stereocenters. The average molecular weight is 338 g/mol. The van der Waals surface area contributed by atoms with E-state index in [1.807, 2.05) is 0 Å². The van der Waals surface area contributed by atoms with Crippen LogP contribution in [0.1, 0.15) is 33.8 Å². The summed E-state index contributed by atoms with van der Waals surface area (Å²) in [5.74, 6) is -1.02. The number of carbonyl (C=O) groups excluding carboxylic acids is 1. The first-order valence-electron chi connectivity index (χ1n) is 7.42. The highest BCUT2D eigenvalue weighted by molar-refractivity contribution is 5.96. The van der Waals surface area contributed by atoms with E-state index < -0.39 is 23.2 Å². The molecule has 1 aliphatic rings. The second kappa shape index (κ2) is 6.22. The minimum Gasteiger partial charge on any atom is -0.338 e. The van der Waals surface area contributed by atoms with E-state index in [-0.39, 0.29) is 11.7 Å². The molecule has 1 saturated heterocycles. The van der Waals surface area contributed by atoms with Gasteiger partial charge in [0.2, 0.25) is 0 Å². The Hall–Kier alpha value is -2.44. The molecule has 1 aliphatic heterocycles. The van der Waals surface area contributed by atoms with Crippen molar-refractivity contribution in [2.45, 2.75) is 18.5 Å². The van der Waals surface area contributed by atoms with Crippen molar-refractivity contribution in [3.05, 3.63) is 65.2 Å². The zero-order valence-electron chi connectivity index (χ0n) is 12.6. The smallest absolute Gasteiger partial charge is 0.338 e. The minimum atomic E-state index is -4.63. The van der Waals surface area contributed by atoms with Gasteiger partial charge >= 0.3 is 6.18 Å². The van der Waals surface area contributed by atoms with E-state index in [0.29, 0.717) is 25.7 Å². The summed E-state index contributed by atoms with van der Waals surface area (Å²) in [6.07, 6.45) is -2.16. The van der Waals surface area contributed by atoms with E-state index in [0.717, 1.165) is 11.6 Å². The number of likely N-dealkylation sites (tertiary alicyclic amines) is 1. The van der Waals surface area contributed by atoms with Crippen LogP contribution >= 0.6 is 0 Å². The van der Waals surface area contributed by atoms with Crippen LogP contribution in [-0.2, 0) is 6.18 Å². The summed E-state index contributed by atoms with van der Waals surface area (Å²) >= 11 is 0. The largest absolute Gasteiger partial charge is 0.418 e. The Morgan fingerprint density at radius 3 is 2.54 bits per heavy atom. The maximum absolute atomic E-state index is 13.0. The number of aromatic nitrogens is 1. The number of amides is 1. The van der Waals surface area contributed by atoms with E-state index in [2.05, 4.69) is 4.98 Å². The van der Waals surface area contributed by atoms with Crippen molar-refractivity contribution in [3.63, 3.8) is 0 Å². The molecule has 3 rings (SSSR count). The van der Waals surface area contributed by atoms with Crippen LogP contribution in [0.2, 0.25) is 0 Å². The van der Waals surface area contributed by atoms with E-state index >= 15 is 0 Å². The molecule has 1 fully saturated rings. The summed E-state index contributed by atoms with van der Waals surface area (Å²) in [4.78, 5) is 17.4. The lowest BCUT2D eigenvalue weighted by Crippen LogP contribution is -2.30. The topological polar surface area (TPSA) is 33.2 Å². The maximum Gasteiger partial charge on any atom is 0.418 e. The third-order valence-electron chi connectivity index (χ3n) is 4.17. The van der Waals surface area contributed by atoms with Gasteiger partial charge in [-0.3, -0.25) is 9.78 Å². The number of pyridine rings is 1. The van der Waals surface area contributed by atoms with E-state index in [1.54, 1.807) is 12.1 Å². The number of hydrogen-bond donors (Lipinski definition) is 0. The van der Waals surface area contributed by atoms with Crippen LogP contribution in [0.3, 0.4) is 0 Å². The molecule has 0 spiro atoms. The summed E-state index contributed by atoms with van der Waals surface area (Å²) in [6, 6.07) is 7.05. The molecule has 0 radical (unpaired) electrons. The Morgan fingerprint density at radius 1 is 1.17 bits per heavy atom.